The predicted molar refractivity (Wildman–Crippen MR) is 75.9 cm³/mol. The van der Waals surface area contributed by atoms with Crippen molar-refractivity contribution in [3.8, 4) is 5.75 Å². The third kappa shape index (κ3) is 3.71. The van der Waals surface area contributed by atoms with E-state index < -0.39 is 22.0 Å². The van der Waals surface area contributed by atoms with Crippen LogP contribution in [0.25, 0.3) is 0 Å². The highest BCUT2D eigenvalue weighted by Gasteiger charge is 2.20. The molecule has 0 aliphatic rings. The van der Waals surface area contributed by atoms with Crippen LogP contribution in [-0.4, -0.2) is 20.4 Å². The molecule has 0 fully saturated rings. The minimum Gasteiger partial charge on any atom is -0.481 e. The molecule has 0 aromatic heterocycles. The molecule has 7 heteroatoms. The molecule has 0 heterocycles. The number of nitrogens with two attached hydrogens (primary N) is 2. The van der Waals surface area contributed by atoms with Gasteiger partial charge in [0.05, 0.1) is 4.90 Å². The molecule has 6 nitrogen and oxygen atoms in total. The van der Waals surface area contributed by atoms with Crippen LogP contribution in [0, 0.1) is 6.92 Å². The van der Waals surface area contributed by atoms with Gasteiger partial charge in [0, 0.05) is 0 Å². The minimum absolute atomic E-state index is 0.0600. The van der Waals surface area contributed by atoms with Crippen LogP contribution >= 0.6 is 0 Å². The lowest BCUT2D eigenvalue weighted by Gasteiger charge is -2.18. The summed E-state index contributed by atoms with van der Waals surface area (Å²) in [7, 11) is -3.81. The lowest BCUT2D eigenvalue weighted by molar-refractivity contribution is -0.124. The van der Waals surface area contributed by atoms with Gasteiger partial charge in [-0.3, -0.25) is 4.79 Å². The molecule has 1 unspecified atom stereocenters. The van der Waals surface area contributed by atoms with Crippen LogP contribution in [0.15, 0.2) is 17.0 Å². The lowest BCUT2D eigenvalue weighted by atomic mass is 10.0. The number of hydrogen-bond donors (Lipinski definition) is 2. The maximum absolute atomic E-state index is 11.6. The van der Waals surface area contributed by atoms with Crippen LogP contribution in [0.1, 0.15) is 37.8 Å². The first-order valence-corrected chi connectivity index (χ1v) is 7.72. The minimum atomic E-state index is -3.81. The summed E-state index contributed by atoms with van der Waals surface area (Å²) in [6.45, 7) is 6.91. The fourth-order valence-electron chi connectivity index (χ4n) is 1.75. The molecule has 1 aromatic carbocycles. The average Bonchev–Trinajstić information content (AvgIpc) is 2.29. The zero-order valence-corrected chi connectivity index (χ0v) is 12.8. The topological polar surface area (TPSA) is 112 Å². The summed E-state index contributed by atoms with van der Waals surface area (Å²) < 4.78 is 28.7. The molecule has 0 saturated heterocycles. The number of benzene rings is 1. The second kappa shape index (κ2) is 5.80. The number of hydrogen-bond acceptors (Lipinski definition) is 4. The van der Waals surface area contributed by atoms with Crippen LogP contribution < -0.4 is 15.6 Å². The number of sulfonamides is 1. The van der Waals surface area contributed by atoms with Crippen molar-refractivity contribution in [3.63, 3.8) is 0 Å². The molecule has 0 radical (unpaired) electrons. The monoisotopic (exact) mass is 300 g/mol. The highest BCUT2D eigenvalue weighted by Crippen LogP contribution is 2.31. The Morgan fingerprint density at radius 3 is 2.20 bits per heavy atom. The second-order valence-corrected chi connectivity index (χ2v) is 6.55. The molecule has 1 rings (SSSR count). The van der Waals surface area contributed by atoms with E-state index in [4.69, 9.17) is 15.6 Å². The van der Waals surface area contributed by atoms with Gasteiger partial charge in [-0.2, -0.15) is 0 Å². The van der Waals surface area contributed by atoms with Crippen molar-refractivity contribution in [3.05, 3.63) is 23.3 Å². The lowest BCUT2D eigenvalue weighted by Crippen LogP contribution is -2.31. The van der Waals surface area contributed by atoms with Gasteiger partial charge >= 0.3 is 0 Å². The summed E-state index contributed by atoms with van der Waals surface area (Å²) in [6.07, 6.45) is -0.797. The Hall–Kier alpha value is -1.60. The van der Waals surface area contributed by atoms with E-state index >= 15 is 0 Å². The van der Waals surface area contributed by atoms with Crippen molar-refractivity contribution < 1.29 is 17.9 Å². The highest BCUT2D eigenvalue weighted by atomic mass is 32.2. The quantitative estimate of drug-likeness (QED) is 0.845. The van der Waals surface area contributed by atoms with Crippen LogP contribution in [0.2, 0.25) is 0 Å². The third-order valence-electron chi connectivity index (χ3n) is 2.94. The Bertz CT molecular complexity index is 624. The summed E-state index contributed by atoms with van der Waals surface area (Å²) in [4.78, 5) is 11.1. The second-order valence-electron chi connectivity index (χ2n) is 5.02. The number of primary amides is 1. The Labute approximate surface area is 119 Å². The maximum Gasteiger partial charge on any atom is 0.258 e. The van der Waals surface area contributed by atoms with E-state index in [0.717, 1.165) is 0 Å². The van der Waals surface area contributed by atoms with E-state index in [-0.39, 0.29) is 10.8 Å². The molecule has 20 heavy (non-hydrogen) atoms. The highest BCUT2D eigenvalue weighted by molar-refractivity contribution is 7.89. The van der Waals surface area contributed by atoms with Crippen LogP contribution in [0.5, 0.6) is 5.75 Å². The predicted octanol–water partition coefficient (Wildman–Crippen LogP) is 1.02. The van der Waals surface area contributed by atoms with E-state index in [0.29, 0.717) is 16.9 Å². The smallest absolute Gasteiger partial charge is 0.258 e. The summed E-state index contributed by atoms with van der Waals surface area (Å²) in [5, 5.41) is 5.22. The van der Waals surface area contributed by atoms with Crippen LogP contribution in [-0.2, 0) is 14.8 Å². The normalized spacial score (nSPS) is 13.3. The first kappa shape index (κ1) is 16.5. The molecule has 1 amide bonds. The van der Waals surface area contributed by atoms with Crippen molar-refractivity contribution in [1.82, 2.24) is 0 Å². The van der Waals surface area contributed by atoms with Gasteiger partial charge in [-0.05, 0) is 43.0 Å². The van der Waals surface area contributed by atoms with Crippen molar-refractivity contribution >= 4 is 15.9 Å². The van der Waals surface area contributed by atoms with E-state index in [2.05, 4.69) is 0 Å². The molecule has 0 bridgehead atoms. The van der Waals surface area contributed by atoms with Gasteiger partial charge in [0.15, 0.2) is 6.10 Å². The number of ether oxygens (including phenoxy) is 1. The van der Waals surface area contributed by atoms with Crippen molar-refractivity contribution in [2.75, 3.05) is 0 Å². The van der Waals surface area contributed by atoms with Gasteiger partial charge in [0.1, 0.15) is 5.75 Å². The molecular formula is C13H20N2O4S. The zero-order valence-electron chi connectivity index (χ0n) is 12.0. The Morgan fingerprint density at radius 1 is 1.25 bits per heavy atom. The zero-order chi connectivity index (χ0) is 15.7. The standard InChI is InChI=1S/C13H20N2O4S/c1-7(2)10-6-11(19-9(4)13(14)16)8(3)5-12(10)20(15,17)18/h5-7,9H,1-4H3,(H2,14,16)(H2,15,17,18). The number of amides is 1. The van der Waals surface area contributed by atoms with Gasteiger partial charge in [0.25, 0.3) is 5.91 Å². The van der Waals surface area contributed by atoms with Crippen LogP contribution in [0.3, 0.4) is 0 Å². The van der Waals surface area contributed by atoms with Crippen molar-refractivity contribution in [2.24, 2.45) is 10.9 Å². The number of primary sulfonamides is 1. The molecule has 0 aliphatic heterocycles. The van der Waals surface area contributed by atoms with Gasteiger partial charge in [-0.15, -0.1) is 0 Å². The molecule has 0 aliphatic carbocycles. The largest absolute Gasteiger partial charge is 0.481 e. The summed E-state index contributed by atoms with van der Waals surface area (Å²) in [5.74, 6) is -0.228. The SMILES string of the molecule is Cc1cc(S(N)(=O)=O)c(C(C)C)cc1OC(C)C(N)=O. The Morgan fingerprint density at radius 2 is 1.80 bits per heavy atom. The summed E-state index contributed by atoms with van der Waals surface area (Å²) in [6, 6.07) is 3.05. The van der Waals surface area contributed by atoms with E-state index in [1.807, 2.05) is 13.8 Å². The summed E-state index contributed by atoms with van der Waals surface area (Å²) >= 11 is 0. The Balaban J connectivity index is 3.38. The molecule has 1 aromatic rings. The van der Waals surface area contributed by atoms with Gasteiger partial charge in [0.2, 0.25) is 10.0 Å². The number of rotatable bonds is 5. The van der Waals surface area contributed by atoms with Crippen molar-refractivity contribution in [2.45, 2.75) is 44.6 Å². The van der Waals surface area contributed by atoms with Gasteiger partial charge in [-0.25, -0.2) is 13.6 Å². The van der Waals surface area contributed by atoms with Crippen LogP contribution in [0.4, 0.5) is 0 Å². The first-order valence-electron chi connectivity index (χ1n) is 6.17. The van der Waals surface area contributed by atoms with E-state index in [1.54, 1.807) is 13.0 Å². The number of carbonyl (C=O) groups excluding carboxylic acids is 1. The Kier molecular flexibility index (Phi) is 4.77. The fraction of sp³-hybridized carbons (Fsp3) is 0.462. The molecule has 0 saturated carbocycles. The number of carbonyl (C=O) groups is 1. The molecule has 1 atom stereocenters. The summed E-state index contributed by atoms with van der Waals surface area (Å²) in [5.41, 5.74) is 6.27. The molecule has 4 N–H and O–H groups in total. The van der Waals surface area contributed by atoms with E-state index in [1.165, 1.54) is 13.0 Å². The maximum atomic E-state index is 11.6. The molecular weight excluding hydrogens is 280 g/mol. The molecule has 0 spiro atoms. The van der Waals surface area contributed by atoms with E-state index in [9.17, 15) is 13.2 Å². The van der Waals surface area contributed by atoms with Crippen molar-refractivity contribution in [1.29, 1.82) is 0 Å². The molecule has 112 valence electrons. The van der Waals surface area contributed by atoms with Gasteiger partial charge in [-0.1, -0.05) is 13.8 Å². The van der Waals surface area contributed by atoms with Gasteiger partial charge < -0.3 is 10.5 Å². The average molecular weight is 300 g/mol. The fourth-order valence-corrected chi connectivity index (χ4v) is 2.71. The third-order valence-corrected chi connectivity index (χ3v) is 3.91. The number of aryl methyl sites for hydroxylation is 1. The first-order chi connectivity index (χ1) is 9.04.